The highest BCUT2D eigenvalue weighted by atomic mass is 16.4. The summed E-state index contributed by atoms with van der Waals surface area (Å²) in [7, 11) is 0. The number of carboxylic acid groups (broad SMARTS) is 1. The van der Waals surface area contributed by atoms with Gasteiger partial charge in [-0.05, 0) is 66.8 Å². The lowest BCUT2D eigenvalue weighted by molar-refractivity contribution is -0.145. The Bertz CT molecular complexity index is 1110. The maximum Gasteiger partial charge on any atom is 0.307 e. The number of hydrogen-bond donors (Lipinski definition) is 1. The molecule has 0 fully saturated rings. The van der Waals surface area contributed by atoms with Gasteiger partial charge in [-0.3, -0.25) is 9.36 Å². The first-order chi connectivity index (χ1) is 14.8. The van der Waals surface area contributed by atoms with Crippen molar-refractivity contribution in [2.24, 2.45) is 16.7 Å². The number of pyridine rings is 1. The van der Waals surface area contributed by atoms with Crippen molar-refractivity contribution in [3.8, 4) is 5.69 Å². The zero-order valence-electron chi connectivity index (χ0n) is 20.8. The third kappa shape index (κ3) is 5.37. The lowest BCUT2D eigenvalue weighted by atomic mass is 9.77. The third-order valence-corrected chi connectivity index (χ3v) is 5.95. The van der Waals surface area contributed by atoms with Crippen LogP contribution >= 0.6 is 0 Å². The van der Waals surface area contributed by atoms with Crippen LogP contribution in [0.3, 0.4) is 0 Å². The van der Waals surface area contributed by atoms with Crippen LogP contribution in [0.5, 0.6) is 0 Å². The van der Waals surface area contributed by atoms with Crippen molar-refractivity contribution in [1.29, 1.82) is 0 Å². The highest BCUT2D eigenvalue weighted by Gasteiger charge is 2.30. The Hall–Kier alpha value is -2.69. The molecule has 172 valence electrons. The van der Waals surface area contributed by atoms with Crippen LogP contribution < -0.4 is 0 Å². The van der Waals surface area contributed by atoms with Crippen LogP contribution in [0.15, 0.2) is 30.3 Å². The van der Waals surface area contributed by atoms with Crippen molar-refractivity contribution < 1.29 is 9.90 Å². The van der Waals surface area contributed by atoms with Gasteiger partial charge in [-0.25, -0.2) is 9.97 Å². The molecule has 0 aliphatic heterocycles. The highest BCUT2D eigenvalue weighted by Crippen LogP contribution is 2.31. The number of carbonyl (C=O) groups is 1. The Labute approximate surface area is 191 Å². The Morgan fingerprint density at radius 3 is 2.19 bits per heavy atom. The van der Waals surface area contributed by atoms with Gasteiger partial charge in [0.05, 0.1) is 5.92 Å². The first-order valence-electron chi connectivity index (χ1n) is 11.4. The molecule has 0 spiro atoms. The van der Waals surface area contributed by atoms with E-state index in [1.54, 1.807) is 0 Å². The summed E-state index contributed by atoms with van der Waals surface area (Å²) in [5, 5.41) is 9.61. The summed E-state index contributed by atoms with van der Waals surface area (Å²) in [4.78, 5) is 21.5. The summed E-state index contributed by atoms with van der Waals surface area (Å²) in [6.45, 7) is 16.8. The van der Waals surface area contributed by atoms with Gasteiger partial charge in [0.15, 0.2) is 5.65 Å². The number of aryl methyl sites for hydroxylation is 3. The molecule has 0 saturated heterocycles. The topological polar surface area (TPSA) is 68.0 Å². The van der Waals surface area contributed by atoms with Gasteiger partial charge in [0.2, 0.25) is 0 Å². The predicted octanol–water partition coefficient (Wildman–Crippen LogP) is 6.31. The zero-order valence-corrected chi connectivity index (χ0v) is 20.8. The number of hydrogen-bond acceptors (Lipinski definition) is 3. The van der Waals surface area contributed by atoms with Crippen LogP contribution in [0.1, 0.15) is 70.6 Å². The van der Waals surface area contributed by atoms with E-state index in [0.717, 1.165) is 52.3 Å². The van der Waals surface area contributed by atoms with Gasteiger partial charge in [-0.2, -0.15) is 0 Å². The molecule has 3 aromatic rings. The van der Waals surface area contributed by atoms with E-state index in [9.17, 15) is 9.90 Å². The number of aliphatic carboxylic acids is 1. The van der Waals surface area contributed by atoms with E-state index in [1.807, 2.05) is 27.7 Å². The molecule has 32 heavy (non-hydrogen) atoms. The van der Waals surface area contributed by atoms with Gasteiger partial charge in [0.1, 0.15) is 11.3 Å². The van der Waals surface area contributed by atoms with Crippen LogP contribution in [0, 0.1) is 30.6 Å². The van der Waals surface area contributed by atoms with Crippen molar-refractivity contribution in [3.05, 3.63) is 53.0 Å². The molecule has 0 aliphatic rings. The number of fused-ring (bicyclic) bond motifs is 1. The molecule has 2 aromatic heterocycles. The van der Waals surface area contributed by atoms with Crippen molar-refractivity contribution in [3.63, 3.8) is 0 Å². The average Bonchev–Trinajstić information content (AvgIpc) is 2.97. The maximum absolute atomic E-state index is 11.7. The molecule has 0 saturated carbocycles. The second kappa shape index (κ2) is 8.68. The number of nitrogens with zero attached hydrogens (tertiary/aromatic N) is 3. The third-order valence-electron chi connectivity index (χ3n) is 5.95. The van der Waals surface area contributed by atoms with Gasteiger partial charge in [0.25, 0.3) is 0 Å². The number of benzene rings is 1. The molecule has 0 amide bonds. The number of carboxylic acids is 1. The fourth-order valence-electron chi connectivity index (χ4n) is 4.32. The van der Waals surface area contributed by atoms with E-state index >= 15 is 0 Å². The summed E-state index contributed by atoms with van der Waals surface area (Å²) in [6.07, 6.45) is 2.21. The Kier molecular flexibility index (Phi) is 6.50. The fraction of sp³-hybridized carbons (Fsp3) is 0.519. The van der Waals surface area contributed by atoms with E-state index in [-0.39, 0.29) is 16.7 Å². The Morgan fingerprint density at radius 1 is 1.03 bits per heavy atom. The van der Waals surface area contributed by atoms with Gasteiger partial charge < -0.3 is 5.11 Å². The maximum atomic E-state index is 11.7. The van der Waals surface area contributed by atoms with E-state index in [4.69, 9.17) is 9.97 Å². The molecule has 1 aromatic carbocycles. The summed E-state index contributed by atoms with van der Waals surface area (Å²) < 4.78 is 2.18. The van der Waals surface area contributed by atoms with Gasteiger partial charge in [-0.15, -0.1) is 0 Å². The Balaban J connectivity index is 1.97. The molecule has 0 bridgehead atoms. The van der Waals surface area contributed by atoms with E-state index in [0.29, 0.717) is 6.42 Å². The quantitative estimate of drug-likeness (QED) is 0.493. The van der Waals surface area contributed by atoms with Gasteiger partial charge >= 0.3 is 5.97 Å². The molecule has 2 heterocycles. The molecule has 5 heteroatoms. The van der Waals surface area contributed by atoms with Crippen molar-refractivity contribution in [2.45, 2.75) is 74.7 Å². The van der Waals surface area contributed by atoms with E-state index < -0.39 is 5.97 Å². The summed E-state index contributed by atoms with van der Waals surface area (Å²) >= 11 is 0. The molecule has 1 unspecified atom stereocenters. The van der Waals surface area contributed by atoms with E-state index in [1.165, 1.54) is 0 Å². The van der Waals surface area contributed by atoms with Gasteiger partial charge in [-0.1, -0.05) is 53.7 Å². The minimum atomic E-state index is -0.720. The first-order valence-corrected chi connectivity index (χ1v) is 11.4. The molecule has 1 N–H and O–H groups in total. The number of imidazole rings is 1. The van der Waals surface area contributed by atoms with Crippen LogP contribution in [-0.4, -0.2) is 25.6 Å². The molecule has 0 aliphatic carbocycles. The lowest BCUT2D eigenvalue weighted by Crippen LogP contribution is -2.28. The molecule has 3 rings (SSSR count). The SMILES string of the molecule is Cc1cc(C)c2nc(CC(C)(C)C)n(-c3ccc(CCC(C(=O)O)C(C)(C)C)cc3)c2n1. The summed E-state index contributed by atoms with van der Waals surface area (Å²) in [5.74, 6) is -0.0731. The highest BCUT2D eigenvalue weighted by molar-refractivity contribution is 5.78. The minimum Gasteiger partial charge on any atom is -0.481 e. The molecule has 5 nitrogen and oxygen atoms in total. The minimum absolute atomic E-state index is 0.0980. The Morgan fingerprint density at radius 2 is 1.66 bits per heavy atom. The van der Waals surface area contributed by atoms with Crippen LogP contribution in [0.25, 0.3) is 16.9 Å². The lowest BCUT2D eigenvalue weighted by Gasteiger charge is -2.27. The predicted molar refractivity (Wildman–Crippen MR) is 130 cm³/mol. The average molecular weight is 436 g/mol. The van der Waals surface area contributed by atoms with Crippen molar-refractivity contribution >= 4 is 17.1 Å². The molecule has 1 atom stereocenters. The van der Waals surface area contributed by atoms with Gasteiger partial charge in [0, 0.05) is 17.8 Å². The van der Waals surface area contributed by atoms with Crippen molar-refractivity contribution in [1.82, 2.24) is 14.5 Å². The van der Waals surface area contributed by atoms with E-state index in [2.05, 4.69) is 62.6 Å². The molecule has 0 radical (unpaired) electrons. The molecular weight excluding hydrogens is 398 g/mol. The standard InChI is InChI=1S/C27H37N3O2/c1-17-15-18(2)28-24-23(17)29-22(16-26(3,4)5)30(24)20-12-9-19(10-13-20)11-14-21(25(31)32)27(6,7)8/h9-10,12-13,15,21H,11,14,16H2,1-8H3,(H,31,32). The summed E-state index contributed by atoms with van der Waals surface area (Å²) in [5.41, 5.74) is 5.99. The largest absolute Gasteiger partial charge is 0.481 e. The smallest absolute Gasteiger partial charge is 0.307 e. The number of aromatic nitrogens is 3. The van der Waals surface area contributed by atoms with Crippen LogP contribution in [0.4, 0.5) is 0 Å². The van der Waals surface area contributed by atoms with Crippen LogP contribution in [-0.2, 0) is 17.6 Å². The zero-order chi connectivity index (χ0) is 23.8. The normalized spacial score (nSPS) is 13.5. The summed E-state index contributed by atoms with van der Waals surface area (Å²) in [6, 6.07) is 10.5. The van der Waals surface area contributed by atoms with Crippen molar-refractivity contribution in [2.75, 3.05) is 0 Å². The first kappa shape index (κ1) is 24.0. The monoisotopic (exact) mass is 435 g/mol. The second-order valence-corrected chi connectivity index (χ2v) is 11.3. The number of rotatable bonds is 6. The molecular formula is C27H37N3O2. The second-order valence-electron chi connectivity index (χ2n) is 11.3. The van der Waals surface area contributed by atoms with Crippen LogP contribution in [0.2, 0.25) is 0 Å². The fourth-order valence-corrected chi connectivity index (χ4v) is 4.32.